The van der Waals surface area contributed by atoms with Crippen LogP contribution in [0.1, 0.15) is 25.0 Å². The lowest BCUT2D eigenvalue weighted by Crippen LogP contribution is -2.38. The first kappa shape index (κ1) is 17.2. The van der Waals surface area contributed by atoms with Crippen molar-refractivity contribution in [3.8, 4) is 5.75 Å². The van der Waals surface area contributed by atoms with Crippen molar-refractivity contribution in [1.29, 1.82) is 0 Å². The molecule has 0 amide bonds. The zero-order valence-electron chi connectivity index (χ0n) is 14.1. The van der Waals surface area contributed by atoms with Crippen molar-refractivity contribution >= 4 is 5.78 Å². The van der Waals surface area contributed by atoms with Crippen LogP contribution in [0.4, 0.5) is 0 Å². The third-order valence-corrected chi connectivity index (χ3v) is 3.87. The van der Waals surface area contributed by atoms with Gasteiger partial charge in [-0.3, -0.25) is 4.79 Å². The van der Waals surface area contributed by atoms with Crippen LogP contribution in [0.5, 0.6) is 5.75 Å². The Morgan fingerprint density at radius 1 is 1.00 bits per heavy atom. The average Bonchev–Trinajstić information content (AvgIpc) is 2.59. The van der Waals surface area contributed by atoms with Gasteiger partial charge in [-0.05, 0) is 36.7 Å². The molecular weight excluding hydrogens is 286 g/mol. The van der Waals surface area contributed by atoms with Crippen molar-refractivity contribution in [2.24, 2.45) is 5.92 Å². The molecule has 0 aliphatic carbocycles. The van der Waals surface area contributed by atoms with Crippen LogP contribution in [-0.4, -0.2) is 18.9 Å². The summed E-state index contributed by atoms with van der Waals surface area (Å²) in [6.07, 6.45) is 0.701. The molecule has 0 aliphatic heterocycles. The fraction of sp³-hybridized carbons (Fsp3) is 0.350. The summed E-state index contributed by atoms with van der Waals surface area (Å²) < 4.78 is 5.78. The number of hydrogen-bond donors (Lipinski definition) is 1. The summed E-state index contributed by atoms with van der Waals surface area (Å²) in [7, 11) is 1.84. The van der Waals surface area contributed by atoms with E-state index in [9.17, 15) is 4.79 Å². The molecular formula is C20H25NO2. The second-order valence-corrected chi connectivity index (χ2v) is 6.02. The lowest BCUT2D eigenvalue weighted by Gasteiger charge is -2.17. The van der Waals surface area contributed by atoms with E-state index in [1.807, 2.05) is 75.5 Å². The molecule has 0 fully saturated rings. The first-order valence-electron chi connectivity index (χ1n) is 8.07. The van der Waals surface area contributed by atoms with Gasteiger partial charge in [0.25, 0.3) is 0 Å². The van der Waals surface area contributed by atoms with E-state index in [-0.39, 0.29) is 17.7 Å². The van der Waals surface area contributed by atoms with Gasteiger partial charge in [0, 0.05) is 5.92 Å². The van der Waals surface area contributed by atoms with Crippen molar-refractivity contribution in [1.82, 2.24) is 5.32 Å². The Morgan fingerprint density at radius 3 is 2.22 bits per heavy atom. The zero-order valence-corrected chi connectivity index (χ0v) is 14.1. The summed E-state index contributed by atoms with van der Waals surface area (Å²) in [5.41, 5.74) is 2.28. The number of rotatable bonds is 8. The summed E-state index contributed by atoms with van der Waals surface area (Å²) in [5, 5.41) is 3.11. The van der Waals surface area contributed by atoms with Crippen LogP contribution in [-0.2, 0) is 17.8 Å². The topological polar surface area (TPSA) is 38.3 Å². The Kier molecular flexibility index (Phi) is 6.36. The summed E-state index contributed by atoms with van der Waals surface area (Å²) in [6, 6.07) is 17.9. The molecule has 3 heteroatoms. The summed E-state index contributed by atoms with van der Waals surface area (Å²) >= 11 is 0. The maximum absolute atomic E-state index is 12.1. The van der Waals surface area contributed by atoms with E-state index in [4.69, 9.17) is 4.74 Å². The van der Waals surface area contributed by atoms with Crippen LogP contribution in [0, 0.1) is 5.92 Å². The van der Waals surface area contributed by atoms with Gasteiger partial charge in [0.15, 0.2) is 5.78 Å². The Labute approximate surface area is 138 Å². The lowest BCUT2D eigenvalue weighted by molar-refractivity contribution is -0.123. The van der Waals surface area contributed by atoms with Crippen LogP contribution in [0.15, 0.2) is 54.6 Å². The summed E-state index contributed by atoms with van der Waals surface area (Å²) in [6.45, 7) is 4.44. The van der Waals surface area contributed by atoms with Gasteiger partial charge in [0.05, 0.1) is 6.04 Å². The number of likely N-dealkylation sites (N-methyl/N-ethyl adjacent to an activating group) is 1. The van der Waals surface area contributed by atoms with Gasteiger partial charge in [-0.15, -0.1) is 0 Å². The summed E-state index contributed by atoms with van der Waals surface area (Å²) in [5.74, 6) is 1.13. The SMILES string of the molecule is CN[C@H](Cc1ccc(OCc2ccccc2)cc1)C(=O)C(C)C. The van der Waals surface area contributed by atoms with Gasteiger partial charge >= 0.3 is 0 Å². The van der Waals surface area contributed by atoms with Crippen molar-refractivity contribution < 1.29 is 9.53 Å². The molecule has 0 radical (unpaired) electrons. The number of nitrogens with one attached hydrogen (secondary N) is 1. The van der Waals surface area contributed by atoms with Crippen molar-refractivity contribution in [2.45, 2.75) is 32.9 Å². The molecule has 0 aliphatic rings. The predicted molar refractivity (Wildman–Crippen MR) is 93.6 cm³/mol. The number of carbonyl (C=O) groups is 1. The maximum atomic E-state index is 12.1. The molecule has 2 aromatic rings. The number of hydrogen-bond acceptors (Lipinski definition) is 3. The average molecular weight is 311 g/mol. The normalized spacial score (nSPS) is 12.2. The van der Waals surface area contributed by atoms with Crippen molar-refractivity contribution in [2.75, 3.05) is 7.05 Å². The quantitative estimate of drug-likeness (QED) is 0.809. The fourth-order valence-corrected chi connectivity index (χ4v) is 2.45. The largest absolute Gasteiger partial charge is 0.489 e. The number of benzene rings is 2. The van der Waals surface area contributed by atoms with Gasteiger partial charge in [0.2, 0.25) is 0 Å². The van der Waals surface area contributed by atoms with Crippen LogP contribution >= 0.6 is 0 Å². The molecule has 2 aromatic carbocycles. The highest BCUT2D eigenvalue weighted by atomic mass is 16.5. The molecule has 122 valence electrons. The minimum absolute atomic E-state index is 0.0425. The molecule has 23 heavy (non-hydrogen) atoms. The zero-order chi connectivity index (χ0) is 16.7. The van der Waals surface area contributed by atoms with Gasteiger partial charge in [-0.1, -0.05) is 56.3 Å². The van der Waals surface area contributed by atoms with Crippen LogP contribution < -0.4 is 10.1 Å². The van der Waals surface area contributed by atoms with Gasteiger partial charge in [0.1, 0.15) is 12.4 Å². The van der Waals surface area contributed by atoms with E-state index < -0.39 is 0 Å². The summed E-state index contributed by atoms with van der Waals surface area (Å²) in [4.78, 5) is 12.1. The maximum Gasteiger partial charge on any atom is 0.152 e. The third kappa shape index (κ3) is 5.22. The first-order chi connectivity index (χ1) is 11.1. The van der Waals surface area contributed by atoms with E-state index in [2.05, 4.69) is 5.32 Å². The monoisotopic (exact) mass is 311 g/mol. The van der Waals surface area contributed by atoms with Crippen molar-refractivity contribution in [3.05, 3.63) is 65.7 Å². The fourth-order valence-electron chi connectivity index (χ4n) is 2.45. The minimum Gasteiger partial charge on any atom is -0.489 e. The molecule has 1 N–H and O–H groups in total. The number of carbonyl (C=O) groups excluding carboxylic acids is 1. The molecule has 0 heterocycles. The van der Waals surface area contributed by atoms with E-state index in [1.165, 1.54) is 0 Å². The second-order valence-electron chi connectivity index (χ2n) is 6.02. The molecule has 0 spiro atoms. The van der Waals surface area contributed by atoms with Crippen molar-refractivity contribution in [3.63, 3.8) is 0 Å². The number of ketones is 1. The highest BCUT2D eigenvalue weighted by molar-refractivity contribution is 5.85. The predicted octanol–water partition coefficient (Wildman–Crippen LogP) is 3.62. The van der Waals surface area contributed by atoms with Gasteiger partial charge in [-0.2, -0.15) is 0 Å². The molecule has 0 bridgehead atoms. The van der Waals surface area contributed by atoms with Crippen LogP contribution in [0.2, 0.25) is 0 Å². The van der Waals surface area contributed by atoms with E-state index in [0.29, 0.717) is 13.0 Å². The highest BCUT2D eigenvalue weighted by Crippen LogP contribution is 2.16. The first-order valence-corrected chi connectivity index (χ1v) is 8.07. The second kappa shape index (κ2) is 8.49. The molecule has 1 atom stereocenters. The van der Waals surface area contributed by atoms with Gasteiger partial charge < -0.3 is 10.1 Å². The standard InChI is InChI=1S/C20H25NO2/c1-15(2)20(22)19(21-3)13-16-9-11-18(12-10-16)23-14-17-7-5-4-6-8-17/h4-12,15,19,21H,13-14H2,1-3H3/t19-/m1/s1. The van der Waals surface area contributed by atoms with E-state index >= 15 is 0 Å². The Balaban J connectivity index is 1.92. The van der Waals surface area contributed by atoms with E-state index in [0.717, 1.165) is 16.9 Å². The van der Waals surface area contributed by atoms with Gasteiger partial charge in [-0.25, -0.2) is 0 Å². The third-order valence-electron chi connectivity index (χ3n) is 3.87. The molecule has 0 unspecified atom stereocenters. The van der Waals surface area contributed by atoms with Crippen LogP contribution in [0.25, 0.3) is 0 Å². The molecule has 3 nitrogen and oxygen atoms in total. The number of Topliss-reactive ketones (excluding diaryl/α,β-unsaturated/α-hetero) is 1. The van der Waals surface area contributed by atoms with E-state index in [1.54, 1.807) is 0 Å². The Bertz CT molecular complexity index is 605. The smallest absolute Gasteiger partial charge is 0.152 e. The molecule has 0 saturated carbocycles. The van der Waals surface area contributed by atoms with Crippen LogP contribution in [0.3, 0.4) is 0 Å². The molecule has 0 aromatic heterocycles. The molecule has 2 rings (SSSR count). The Hall–Kier alpha value is -2.13. The highest BCUT2D eigenvalue weighted by Gasteiger charge is 2.19. The number of ether oxygens (including phenoxy) is 1. The Morgan fingerprint density at radius 2 is 1.65 bits per heavy atom. The molecule has 0 saturated heterocycles. The minimum atomic E-state index is -0.133. The lowest BCUT2D eigenvalue weighted by atomic mass is 9.96.